The van der Waals surface area contributed by atoms with Crippen LogP contribution in [0.2, 0.25) is 0 Å². The fourth-order valence-electron chi connectivity index (χ4n) is 1.88. The maximum atomic E-state index is 5.89. The molecular weight excluding hydrogens is 216 g/mol. The van der Waals surface area contributed by atoms with E-state index >= 15 is 0 Å². The molecule has 1 fully saturated rings. The third kappa shape index (κ3) is 3.03. The average molecular weight is 236 g/mol. The Morgan fingerprint density at radius 2 is 2.12 bits per heavy atom. The lowest BCUT2D eigenvalue weighted by atomic mass is 10.2. The van der Waals surface area contributed by atoms with Crippen molar-refractivity contribution in [1.82, 2.24) is 0 Å². The predicted molar refractivity (Wildman–Crippen MR) is 69.7 cm³/mol. The minimum absolute atomic E-state index is 0.704. The first-order valence-corrected chi connectivity index (χ1v) is 6.16. The summed E-state index contributed by atoms with van der Waals surface area (Å²) in [6.45, 7) is 6.22. The summed E-state index contributed by atoms with van der Waals surface area (Å²) < 4.78 is 11.0. The van der Waals surface area contributed by atoms with Crippen LogP contribution >= 0.6 is 0 Å². The van der Waals surface area contributed by atoms with Crippen LogP contribution in [0, 0.1) is 0 Å². The molecule has 2 N–H and O–H groups in total. The van der Waals surface area contributed by atoms with E-state index in [9.17, 15) is 0 Å². The van der Waals surface area contributed by atoms with Gasteiger partial charge < -0.3 is 20.1 Å². The maximum Gasteiger partial charge on any atom is 0.144 e. The highest BCUT2D eigenvalue weighted by atomic mass is 16.5. The maximum absolute atomic E-state index is 5.89. The Morgan fingerprint density at radius 1 is 1.35 bits per heavy atom. The van der Waals surface area contributed by atoms with E-state index in [0.29, 0.717) is 12.3 Å². The van der Waals surface area contributed by atoms with Crippen LogP contribution < -0.4 is 15.4 Å². The van der Waals surface area contributed by atoms with Crippen LogP contribution in [-0.2, 0) is 4.74 Å². The van der Waals surface area contributed by atoms with Gasteiger partial charge in [0, 0.05) is 24.8 Å². The molecule has 0 amide bonds. The first kappa shape index (κ1) is 12.0. The van der Waals surface area contributed by atoms with E-state index in [2.05, 4.69) is 11.8 Å². The molecular formula is C13H20N2O2. The van der Waals surface area contributed by atoms with Gasteiger partial charge in [0.2, 0.25) is 0 Å². The van der Waals surface area contributed by atoms with Gasteiger partial charge >= 0.3 is 0 Å². The van der Waals surface area contributed by atoms with E-state index in [-0.39, 0.29) is 0 Å². The Hall–Kier alpha value is -1.42. The zero-order valence-electron chi connectivity index (χ0n) is 10.3. The summed E-state index contributed by atoms with van der Waals surface area (Å²) in [5, 5.41) is 0. The highest BCUT2D eigenvalue weighted by molar-refractivity contribution is 5.62. The first-order chi connectivity index (χ1) is 8.31. The average Bonchev–Trinajstić information content (AvgIpc) is 2.39. The highest BCUT2D eigenvalue weighted by Crippen LogP contribution is 2.28. The summed E-state index contributed by atoms with van der Waals surface area (Å²) >= 11 is 0. The van der Waals surface area contributed by atoms with E-state index in [1.54, 1.807) is 0 Å². The number of nitrogens with two attached hydrogens (primary N) is 1. The fraction of sp³-hybridized carbons (Fsp3) is 0.538. The van der Waals surface area contributed by atoms with Crippen molar-refractivity contribution in [3.8, 4) is 5.75 Å². The Labute approximate surface area is 102 Å². The third-order valence-corrected chi connectivity index (χ3v) is 2.84. The lowest BCUT2D eigenvalue weighted by molar-refractivity contribution is 0.122. The molecule has 4 heteroatoms. The molecule has 0 spiro atoms. The molecule has 94 valence electrons. The van der Waals surface area contributed by atoms with Gasteiger partial charge in [-0.25, -0.2) is 0 Å². The van der Waals surface area contributed by atoms with Crippen molar-refractivity contribution < 1.29 is 9.47 Å². The number of nitrogens with zero attached hydrogens (tertiary/aromatic N) is 1. The summed E-state index contributed by atoms with van der Waals surface area (Å²) in [4.78, 5) is 2.29. The van der Waals surface area contributed by atoms with Gasteiger partial charge in [0.25, 0.3) is 0 Å². The quantitative estimate of drug-likeness (QED) is 0.811. The van der Waals surface area contributed by atoms with Crippen LogP contribution in [0.5, 0.6) is 5.75 Å². The molecule has 0 aromatic heterocycles. The summed E-state index contributed by atoms with van der Waals surface area (Å²) in [5.41, 5.74) is 7.76. The molecule has 2 rings (SSSR count). The van der Waals surface area contributed by atoms with Crippen LogP contribution in [0.25, 0.3) is 0 Å². The molecule has 0 bridgehead atoms. The normalized spacial score (nSPS) is 15.9. The molecule has 0 unspecified atom stereocenters. The third-order valence-electron chi connectivity index (χ3n) is 2.84. The number of morpholine rings is 1. The molecule has 1 aliphatic heterocycles. The van der Waals surface area contributed by atoms with Crippen molar-refractivity contribution in [3.63, 3.8) is 0 Å². The second kappa shape index (κ2) is 5.77. The van der Waals surface area contributed by atoms with Crippen molar-refractivity contribution in [2.45, 2.75) is 13.3 Å². The van der Waals surface area contributed by atoms with Gasteiger partial charge in [-0.3, -0.25) is 0 Å². The minimum Gasteiger partial charge on any atom is -0.491 e. The summed E-state index contributed by atoms with van der Waals surface area (Å²) in [6.07, 6.45) is 0.987. The molecule has 1 aliphatic rings. The number of ether oxygens (including phenoxy) is 2. The number of nitrogen functional groups attached to an aromatic ring is 1. The second-order valence-corrected chi connectivity index (χ2v) is 4.17. The number of anilines is 2. The summed E-state index contributed by atoms with van der Waals surface area (Å²) in [6, 6.07) is 5.98. The Morgan fingerprint density at radius 3 is 2.82 bits per heavy atom. The smallest absolute Gasteiger partial charge is 0.144 e. The van der Waals surface area contributed by atoms with E-state index in [0.717, 1.165) is 44.2 Å². The monoisotopic (exact) mass is 236 g/mol. The highest BCUT2D eigenvalue weighted by Gasteiger charge is 2.12. The van der Waals surface area contributed by atoms with Crippen molar-refractivity contribution >= 4 is 11.4 Å². The van der Waals surface area contributed by atoms with Gasteiger partial charge in [-0.1, -0.05) is 6.92 Å². The lowest BCUT2D eigenvalue weighted by Gasteiger charge is -2.29. The van der Waals surface area contributed by atoms with Crippen LogP contribution in [0.1, 0.15) is 13.3 Å². The molecule has 1 aromatic rings. The minimum atomic E-state index is 0.704. The van der Waals surface area contributed by atoms with Gasteiger partial charge in [0.15, 0.2) is 0 Å². The molecule has 1 aromatic carbocycles. The number of hydrogen-bond donors (Lipinski definition) is 1. The Kier molecular flexibility index (Phi) is 4.09. The van der Waals surface area contributed by atoms with Gasteiger partial charge in [-0.15, -0.1) is 0 Å². The number of benzene rings is 1. The van der Waals surface area contributed by atoms with Crippen LogP contribution in [0.4, 0.5) is 11.4 Å². The molecule has 1 heterocycles. The van der Waals surface area contributed by atoms with Crippen LogP contribution in [0.3, 0.4) is 0 Å². The number of hydrogen-bond acceptors (Lipinski definition) is 4. The molecule has 0 aliphatic carbocycles. The van der Waals surface area contributed by atoms with Crippen LogP contribution in [0.15, 0.2) is 18.2 Å². The largest absolute Gasteiger partial charge is 0.491 e. The van der Waals surface area contributed by atoms with Gasteiger partial charge in [-0.2, -0.15) is 0 Å². The molecule has 17 heavy (non-hydrogen) atoms. The van der Waals surface area contributed by atoms with Crippen molar-refractivity contribution in [2.75, 3.05) is 43.5 Å². The Balaban J connectivity index is 2.11. The van der Waals surface area contributed by atoms with Crippen molar-refractivity contribution in [2.24, 2.45) is 0 Å². The van der Waals surface area contributed by atoms with Gasteiger partial charge in [0.1, 0.15) is 5.75 Å². The van der Waals surface area contributed by atoms with Crippen LogP contribution in [-0.4, -0.2) is 32.9 Å². The Bertz CT molecular complexity index is 362. The van der Waals surface area contributed by atoms with Crippen molar-refractivity contribution in [3.05, 3.63) is 18.2 Å². The fourth-order valence-corrected chi connectivity index (χ4v) is 1.88. The lowest BCUT2D eigenvalue weighted by Crippen LogP contribution is -2.36. The standard InChI is InChI=1S/C13H20N2O2/c1-2-7-17-13-10-11(3-4-12(13)14)15-5-8-16-9-6-15/h3-4,10H,2,5-9,14H2,1H3. The van der Waals surface area contributed by atoms with E-state index < -0.39 is 0 Å². The van der Waals surface area contributed by atoms with Crippen molar-refractivity contribution in [1.29, 1.82) is 0 Å². The topological polar surface area (TPSA) is 47.7 Å². The van der Waals surface area contributed by atoms with Gasteiger partial charge in [0.05, 0.1) is 25.5 Å². The number of rotatable bonds is 4. The SMILES string of the molecule is CCCOc1cc(N2CCOCC2)ccc1N. The van der Waals surface area contributed by atoms with E-state index in [1.165, 1.54) is 0 Å². The van der Waals surface area contributed by atoms with Gasteiger partial charge in [-0.05, 0) is 18.6 Å². The second-order valence-electron chi connectivity index (χ2n) is 4.17. The molecule has 0 atom stereocenters. The molecule has 1 saturated heterocycles. The first-order valence-electron chi connectivity index (χ1n) is 6.16. The molecule has 4 nitrogen and oxygen atoms in total. The molecule has 0 radical (unpaired) electrons. The summed E-state index contributed by atoms with van der Waals surface area (Å²) in [7, 11) is 0. The predicted octanol–water partition coefficient (Wildman–Crippen LogP) is 1.89. The molecule has 0 saturated carbocycles. The zero-order chi connectivity index (χ0) is 12.1. The van der Waals surface area contributed by atoms with E-state index in [1.807, 2.05) is 18.2 Å². The summed E-state index contributed by atoms with van der Waals surface area (Å²) in [5.74, 6) is 0.788. The van der Waals surface area contributed by atoms with E-state index in [4.69, 9.17) is 15.2 Å². The zero-order valence-corrected chi connectivity index (χ0v) is 10.3.